The smallest absolute Gasteiger partial charge is 0.152 e. The Hall–Kier alpha value is -0.130. The van der Waals surface area contributed by atoms with Crippen LogP contribution in [0.3, 0.4) is 0 Å². The molecule has 0 aromatic carbocycles. The van der Waals surface area contributed by atoms with Crippen molar-refractivity contribution in [3.8, 4) is 0 Å². The van der Waals surface area contributed by atoms with E-state index in [1.807, 2.05) is 7.05 Å². The van der Waals surface area contributed by atoms with Crippen LogP contribution in [-0.4, -0.2) is 45.7 Å². The van der Waals surface area contributed by atoms with Crippen LogP contribution in [0.25, 0.3) is 0 Å². The third-order valence-corrected chi connectivity index (χ3v) is 5.58. The number of hydrogen-bond acceptors (Lipinski definition) is 4. The molecule has 4 nitrogen and oxygen atoms in total. The van der Waals surface area contributed by atoms with Gasteiger partial charge in [-0.25, -0.2) is 8.42 Å². The van der Waals surface area contributed by atoms with Gasteiger partial charge in [0.1, 0.15) is 0 Å². The first-order chi connectivity index (χ1) is 7.47. The molecule has 0 aromatic heterocycles. The molecule has 0 aliphatic carbocycles. The zero-order valence-corrected chi connectivity index (χ0v) is 11.2. The van der Waals surface area contributed by atoms with E-state index in [1.165, 1.54) is 0 Å². The van der Waals surface area contributed by atoms with E-state index >= 15 is 0 Å². The van der Waals surface area contributed by atoms with Crippen LogP contribution in [0.1, 0.15) is 26.7 Å². The van der Waals surface area contributed by atoms with Crippen LogP contribution in [-0.2, 0) is 14.6 Å². The Morgan fingerprint density at radius 1 is 1.44 bits per heavy atom. The summed E-state index contributed by atoms with van der Waals surface area (Å²) in [7, 11) is -0.982. The minimum absolute atomic E-state index is 0.273. The molecule has 2 atom stereocenters. The molecule has 0 saturated carbocycles. The van der Waals surface area contributed by atoms with Crippen molar-refractivity contribution in [2.45, 2.75) is 38.0 Å². The zero-order valence-electron chi connectivity index (χ0n) is 10.4. The number of nitrogens with one attached hydrogen (secondary N) is 1. The van der Waals surface area contributed by atoms with Gasteiger partial charge in [0.05, 0.1) is 17.6 Å². The van der Waals surface area contributed by atoms with E-state index in [2.05, 4.69) is 5.32 Å². The maximum Gasteiger partial charge on any atom is 0.152 e. The summed E-state index contributed by atoms with van der Waals surface area (Å²) in [4.78, 5) is 0. The molecule has 1 N–H and O–H groups in total. The standard InChI is InChI=1S/C11H23NO3S/c1-9(2)16(13,14)7-5-10-8-15-6-4-11(10)12-3/h9-12H,4-8H2,1-3H3. The minimum atomic E-state index is -2.91. The van der Waals surface area contributed by atoms with Gasteiger partial charge in [-0.2, -0.15) is 0 Å². The fourth-order valence-electron chi connectivity index (χ4n) is 2.01. The molecule has 16 heavy (non-hydrogen) atoms. The highest BCUT2D eigenvalue weighted by Crippen LogP contribution is 2.19. The van der Waals surface area contributed by atoms with Crippen molar-refractivity contribution in [2.24, 2.45) is 5.92 Å². The van der Waals surface area contributed by atoms with Crippen molar-refractivity contribution in [2.75, 3.05) is 26.0 Å². The zero-order chi connectivity index (χ0) is 12.2. The van der Waals surface area contributed by atoms with E-state index in [1.54, 1.807) is 13.8 Å². The Morgan fingerprint density at radius 2 is 2.12 bits per heavy atom. The van der Waals surface area contributed by atoms with Gasteiger partial charge in [-0.05, 0) is 39.7 Å². The van der Waals surface area contributed by atoms with E-state index < -0.39 is 9.84 Å². The summed E-state index contributed by atoms with van der Waals surface area (Å²) in [5.74, 6) is 0.601. The summed E-state index contributed by atoms with van der Waals surface area (Å²) in [5, 5.41) is 2.97. The molecule has 1 saturated heterocycles. The summed E-state index contributed by atoms with van der Waals surface area (Å²) >= 11 is 0. The number of hydrogen-bond donors (Lipinski definition) is 1. The van der Waals surface area contributed by atoms with Crippen LogP contribution >= 0.6 is 0 Å². The minimum Gasteiger partial charge on any atom is -0.381 e. The van der Waals surface area contributed by atoms with E-state index in [-0.39, 0.29) is 11.0 Å². The van der Waals surface area contributed by atoms with Gasteiger partial charge in [-0.15, -0.1) is 0 Å². The molecule has 1 aliphatic heterocycles. The molecule has 96 valence electrons. The SMILES string of the molecule is CNC1CCOCC1CCS(=O)(=O)C(C)C. The van der Waals surface area contributed by atoms with Crippen LogP contribution in [0.15, 0.2) is 0 Å². The van der Waals surface area contributed by atoms with Gasteiger partial charge in [-0.1, -0.05) is 0 Å². The predicted molar refractivity (Wildman–Crippen MR) is 65.3 cm³/mol. The highest BCUT2D eigenvalue weighted by molar-refractivity contribution is 7.91. The van der Waals surface area contributed by atoms with Gasteiger partial charge < -0.3 is 10.1 Å². The predicted octanol–water partition coefficient (Wildman–Crippen LogP) is 0.824. The summed E-state index contributed by atoms with van der Waals surface area (Å²) in [6.45, 7) is 4.93. The van der Waals surface area contributed by atoms with E-state index in [0.717, 1.165) is 13.0 Å². The van der Waals surface area contributed by atoms with Crippen LogP contribution in [0, 0.1) is 5.92 Å². The van der Waals surface area contributed by atoms with Gasteiger partial charge in [0.25, 0.3) is 0 Å². The number of rotatable bonds is 5. The van der Waals surface area contributed by atoms with Crippen LogP contribution in [0.4, 0.5) is 0 Å². The van der Waals surface area contributed by atoms with Gasteiger partial charge in [0, 0.05) is 12.6 Å². The lowest BCUT2D eigenvalue weighted by Gasteiger charge is -2.31. The van der Waals surface area contributed by atoms with Crippen LogP contribution in [0.5, 0.6) is 0 Å². The lowest BCUT2D eigenvalue weighted by molar-refractivity contribution is 0.0330. The Labute approximate surface area is 98.7 Å². The first kappa shape index (κ1) is 13.9. The van der Waals surface area contributed by atoms with Crippen molar-refractivity contribution in [1.29, 1.82) is 0 Å². The molecular weight excluding hydrogens is 226 g/mol. The van der Waals surface area contributed by atoms with Crippen molar-refractivity contribution < 1.29 is 13.2 Å². The first-order valence-corrected chi connectivity index (χ1v) is 7.65. The average Bonchev–Trinajstić information content (AvgIpc) is 2.26. The summed E-state index contributed by atoms with van der Waals surface area (Å²) in [5.41, 5.74) is 0. The molecule has 0 bridgehead atoms. The summed E-state index contributed by atoms with van der Waals surface area (Å²) in [6.07, 6.45) is 1.68. The lowest BCUT2D eigenvalue weighted by Crippen LogP contribution is -2.41. The van der Waals surface area contributed by atoms with Crippen molar-refractivity contribution >= 4 is 9.84 Å². The van der Waals surface area contributed by atoms with Crippen molar-refractivity contribution in [1.82, 2.24) is 5.32 Å². The summed E-state index contributed by atoms with van der Waals surface area (Å²) < 4.78 is 28.8. The molecule has 0 radical (unpaired) electrons. The van der Waals surface area contributed by atoms with E-state index in [4.69, 9.17) is 4.74 Å². The second kappa shape index (κ2) is 5.98. The fourth-order valence-corrected chi connectivity index (χ4v) is 3.12. The molecule has 5 heteroatoms. The average molecular weight is 249 g/mol. The van der Waals surface area contributed by atoms with Crippen molar-refractivity contribution in [3.05, 3.63) is 0 Å². The third kappa shape index (κ3) is 3.71. The molecule has 2 unspecified atom stereocenters. The largest absolute Gasteiger partial charge is 0.381 e. The second-order valence-electron chi connectivity index (χ2n) is 4.72. The highest BCUT2D eigenvalue weighted by Gasteiger charge is 2.26. The van der Waals surface area contributed by atoms with Crippen molar-refractivity contribution in [3.63, 3.8) is 0 Å². The van der Waals surface area contributed by atoms with Gasteiger partial charge >= 0.3 is 0 Å². The molecule has 0 spiro atoms. The molecule has 0 aromatic rings. The molecular formula is C11H23NO3S. The lowest BCUT2D eigenvalue weighted by atomic mass is 9.93. The normalized spacial score (nSPS) is 27.2. The Balaban J connectivity index is 2.47. The highest BCUT2D eigenvalue weighted by atomic mass is 32.2. The second-order valence-corrected chi connectivity index (χ2v) is 7.40. The molecule has 1 heterocycles. The first-order valence-electron chi connectivity index (χ1n) is 5.94. The van der Waals surface area contributed by atoms with Gasteiger partial charge in [-0.3, -0.25) is 0 Å². The maximum atomic E-state index is 11.7. The molecule has 1 aliphatic rings. The molecule has 0 amide bonds. The monoisotopic (exact) mass is 249 g/mol. The maximum absolute atomic E-state index is 11.7. The van der Waals surface area contributed by atoms with Gasteiger partial charge in [0.2, 0.25) is 0 Å². The topological polar surface area (TPSA) is 55.4 Å². The Morgan fingerprint density at radius 3 is 2.69 bits per heavy atom. The Kier molecular flexibility index (Phi) is 5.21. The Bertz CT molecular complexity index is 300. The quantitative estimate of drug-likeness (QED) is 0.784. The number of sulfone groups is 1. The van der Waals surface area contributed by atoms with Crippen LogP contribution in [0.2, 0.25) is 0 Å². The fraction of sp³-hybridized carbons (Fsp3) is 1.00. The molecule has 1 rings (SSSR count). The third-order valence-electron chi connectivity index (χ3n) is 3.34. The molecule has 1 fully saturated rings. The number of ether oxygens (including phenoxy) is 1. The van der Waals surface area contributed by atoms with E-state index in [9.17, 15) is 8.42 Å². The van der Waals surface area contributed by atoms with Crippen LogP contribution < -0.4 is 5.32 Å². The van der Waals surface area contributed by atoms with E-state index in [0.29, 0.717) is 25.0 Å². The van der Waals surface area contributed by atoms with Gasteiger partial charge in [0.15, 0.2) is 9.84 Å². The summed E-state index contributed by atoms with van der Waals surface area (Å²) in [6, 6.07) is 0.399.